The van der Waals surface area contributed by atoms with Crippen LogP contribution in [-0.4, -0.2) is 25.2 Å². The highest BCUT2D eigenvalue weighted by atomic mass is 16.5. The third kappa shape index (κ3) is 7.54. The van der Waals surface area contributed by atoms with Gasteiger partial charge in [0, 0.05) is 6.04 Å². The molecule has 0 fully saturated rings. The molecule has 0 saturated carbocycles. The fourth-order valence-corrected chi connectivity index (χ4v) is 0.598. The summed E-state index contributed by atoms with van der Waals surface area (Å²) in [6, 6.07) is 0.330. The van der Waals surface area contributed by atoms with Crippen LogP contribution in [-0.2, 0) is 9.53 Å². The lowest BCUT2D eigenvalue weighted by molar-refractivity contribution is -0.143. The first-order chi connectivity index (χ1) is 5.52. The largest absolute Gasteiger partial charge is 0.464 e. The van der Waals surface area contributed by atoms with E-state index < -0.39 is 0 Å². The van der Waals surface area contributed by atoms with E-state index >= 15 is 0 Å². The van der Waals surface area contributed by atoms with Crippen LogP contribution >= 0.6 is 0 Å². The summed E-state index contributed by atoms with van der Waals surface area (Å²) >= 11 is 0. The second-order valence-electron chi connectivity index (χ2n) is 3.61. The maximum atomic E-state index is 11.0. The summed E-state index contributed by atoms with van der Waals surface area (Å²) in [5.74, 6) is 0.241. The predicted octanol–water partition coefficient (Wildman–Crippen LogP) is 1.18. The molecule has 1 N–H and O–H groups in total. The second-order valence-corrected chi connectivity index (χ2v) is 3.61. The van der Waals surface area contributed by atoms with Crippen molar-refractivity contribution in [2.75, 3.05) is 13.2 Å². The highest BCUT2D eigenvalue weighted by Crippen LogP contribution is 1.92. The topological polar surface area (TPSA) is 38.3 Å². The molecule has 0 bridgehead atoms. The minimum absolute atomic E-state index is 0.169. The van der Waals surface area contributed by atoms with Crippen LogP contribution in [0.25, 0.3) is 0 Å². The molecule has 0 aromatic carbocycles. The first-order valence-corrected chi connectivity index (χ1v) is 4.41. The summed E-state index contributed by atoms with van der Waals surface area (Å²) < 4.78 is 4.95. The van der Waals surface area contributed by atoms with Crippen LogP contribution in [0.15, 0.2) is 0 Å². The Morgan fingerprint density at radius 3 is 2.33 bits per heavy atom. The zero-order valence-electron chi connectivity index (χ0n) is 8.39. The summed E-state index contributed by atoms with van der Waals surface area (Å²) in [5.41, 5.74) is 0. The van der Waals surface area contributed by atoms with Gasteiger partial charge in [0.05, 0.1) is 13.2 Å². The van der Waals surface area contributed by atoms with Crippen LogP contribution in [0.1, 0.15) is 27.7 Å². The van der Waals surface area contributed by atoms with Crippen molar-refractivity contribution in [3.8, 4) is 0 Å². The molecule has 0 rings (SSSR count). The van der Waals surface area contributed by atoms with Gasteiger partial charge in [-0.05, 0) is 5.92 Å². The third-order valence-corrected chi connectivity index (χ3v) is 1.23. The van der Waals surface area contributed by atoms with E-state index in [0.29, 0.717) is 25.1 Å². The number of carbonyl (C=O) groups excluding carboxylic acids is 1. The predicted molar refractivity (Wildman–Crippen MR) is 48.9 cm³/mol. The summed E-state index contributed by atoms with van der Waals surface area (Å²) in [4.78, 5) is 11.0. The molecule has 0 unspecified atom stereocenters. The molecule has 0 aliphatic rings. The number of esters is 1. The lowest BCUT2D eigenvalue weighted by atomic mass is 10.2. The van der Waals surface area contributed by atoms with Crippen LogP contribution in [0.5, 0.6) is 0 Å². The zero-order valence-corrected chi connectivity index (χ0v) is 8.39. The molecule has 12 heavy (non-hydrogen) atoms. The number of nitrogens with one attached hydrogen (secondary N) is 1. The van der Waals surface area contributed by atoms with Crippen molar-refractivity contribution in [1.29, 1.82) is 0 Å². The molecule has 3 heteroatoms. The second kappa shape index (κ2) is 6.00. The number of rotatable bonds is 5. The Morgan fingerprint density at radius 2 is 1.92 bits per heavy atom. The Labute approximate surface area is 74.5 Å². The molecule has 0 saturated heterocycles. The van der Waals surface area contributed by atoms with Crippen LogP contribution in [0.2, 0.25) is 0 Å². The fourth-order valence-electron chi connectivity index (χ4n) is 0.598. The molecule has 0 aliphatic carbocycles. The molecule has 72 valence electrons. The van der Waals surface area contributed by atoms with Gasteiger partial charge in [0.1, 0.15) is 0 Å². The van der Waals surface area contributed by atoms with E-state index in [-0.39, 0.29) is 5.97 Å². The van der Waals surface area contributed by atoms with Crippen LogP contribution in [0.4, 0.5) is 0 Å². The SMILES string of the molecule is CC(C)COC(=O)CNC(C)C. The molecule has 0 aromatic rings. The number of hydrogen-bond donors (Lipinski definition) is 1. The van der Waals surface area contributed by atoms with Crippen molar-refractivity contribution in [2.45, 2.75) is 33.7 Å². The van der Waals surface area contributed by atoms with Gasteiger partial charge in [-0.25, -0.2) is 0 Å². The Morgan fingerprint density at radius 1 is 1.33 bits per heavy atom. The molecule has 0 aromatic heterocycles. The van der Waals surface area contributed by atoms with Gasteiger partial charge in [0.15, 0.2) is 0 Å². The van der Waals surface area contributed by atoms with E-state index in [1.54, 1.807) is 0 Å². The molecular formula is C9H19NO2. The molecule has 0 aliphatic heterocycles. The Balaban J connectivity index is 3.34. The van der Waals surface area contributed by atoms with E-state index in [0.717, 1.165) is 0 Å². The Bertz CT molecular complexity index is 118. The van der Waals surface area contributed by atoms with E-state index in [9.17, 15) is 4.79 Å². The van der Waals surface area contributed by atoms with Crippen LogP contribution in [0.3, 0.4) is 0 Å². The van der Waals surface area contributed by atoms with Crippen LogP contribution in [0, 0.1) is 5.92 Å². The minimum atomic E-state index is -0.169. The van der Waals surface area contributed by atoms with Gasteiger partial charge in [-0.1, -0.05) is 27.7 Å². The summed E-state index contributed by atoms with van der Waals surface area (Å²) in [6.45, 7) is 8.85. The average Bonchev–Trinajstić information content (AvgIpc) is 1.96. The standard InChI is InChI=1S/C9H19NO2/c1-7(2)6-12-9(11)5-10-8(3)4/h7-8,10H,5-6H2,1-4H3. The maximum Gasteiger partial charge on any atom is 0.319 e. The van der Waals surface area contributed by atoms with E-state index in [1.807, 2.05) is 27.7 Å². The van der Waals surface area contributed by atoms with Gasteiger partial charge in [0.25, 0.3) is 0 Å². The van der Waals surface area contributed by atoms with Gasteiger partial charge in [-0.2, -0.15) is 0 Å². The maximum absolute atomic E-state index is 11.0. The van der Waals surface area contributed by atoms with Crippen molar-refractivity contribution in [3.63, 3.8) is 0 Å². The number of hydrogen-bond acceptors (Lipinski definition) is 3. The first kappa shape index (κ1) is 11.4. The summed E-state index contributed by atoms with van der Waals surface area (Å²) in [6.07, 6.45) is 0. The molecule has 3 nitrogen and oxygen atoms in total. The minimum Gasteiger partial charge on any atom is -0.464 e. The first-order valence-electron chi connectivity index (χ1n) is 4.41. The van der Waals surface area contributed by atoms with E-state index in [4.69, 9.17) is 4.74 Å². The fraction of sp³-hybridized carbons (Fsp3) is 0.889. The highest BCUT2D eigenvalue weighted by molar-refractivity contribution is 5.71. The smallest absolute Gasteiger partial charge is 0.319 e. The van der Waals surface area contributed by atoms with Gasteiger partial charge in [0.2, 0.25) is 0 Å². The lowest BCUT2D eigenvalue weighted by Crippen LogP contribution is -2.30. The number of carbonyl (C=O) groups is 1. The van der Waals surface area contributed by atoms with Crippen molar-refractivity contribution < 1.29 is 9.53 Å². The van der Waals surface area contributed by atoms with Crippen molar-refractivity contribution in [1.82, 2.24) is 5.32 Å². The van der Waals surface area contributed by atoms with Crippen LogP contribution < -0.4 is 5.32 Å². The lowest BCUT2D eigenvalue weighted by Gasteiger charge is -2.09. The molecule has 0 atom stereocenters. The molecular weight excluding hydrogens is 154 g/mol. The normalized spacial score (nSPS) is 10.8. The Kier molecular flexibility index (Phi) is 5.72. The average molecular weight is 173 g/mol. The van der Waals surface area contributed by atoms with Crippen molar-refractivity contribution >= 4 is 5.97 Å². The molecule has 0 radical (unpaired) electrons. The highest BCUT2D eigenvalue weighted by Gasteiger charge is 2.03. The Hall–Kier alpha value is -0.570. The van der Waals surface area contributed by atoms with E-state index in [2.05, 4.69) is 5.32 Å². The monoisotopic (exact) mass is 173 g/mol. The van der Waals surface area contributed by atoms with Crippen molar-refractivity contribution in [3.05, 3.63) is 0 Å². The van der Waals surface area contributed by atoms with Gasteiger partial charge in [-0.3, -0.25) is 4.79 Å². The quantitative estimate of drug-likeness (QED) is 0.634. The molecule has 0 amide bonds. The number of ether oxygens (including phenoxy) is 1. The van der Waals surface area contributed by atoms with E-state index in [1.165, 1.54) is 0 Å². The van der Waals surface area contributed by atoms with Gasteiger partial charge >= 0.3 is 5.97 Å². The third-order valence-electron chi connectivity index (χ3n) is 1.23. The molecule has 0 heterocycles. The molecule has 0 spiro atoms. The summed E-state index contributed by atoms with van der Waals surface area (Å²) in [7, 11) is 0. The van der Waals surface area contributed by atoms with Gasteiger partial charge in [-0.15, -0.1) is 0 Å². The summed E-state index contributed by atoms with van der Waals surface area (Å²) in [5, 5.41) is 2.99. The zero-order chi connectivity index (χ0) is 9.56. The van der Waals surface area contributed by atoms with Crippen molar-refractivity contribution in [2.24, 2.45) is 5.92 Å². The van der Waals surface area contributed by atoms with Gasteiger partial charge < -0.3 is 10.1 Å².